The van der Waals surface area contributed by atoms with Crippen molar-refractivity contribution in [3.63, 3.8) is 0 Å². The molecule has 2 aromatic carbocycles. The SMILES string of the molecule is Cc1cc(O)cc(C)c1CCCc1c(C)cc(O)cc1C. The van der Waals surface area contributed by atoms with Gasteiger partial charge in [-0.2, -0.15) is 0 Å². The van der Waals surface area contributed by atoms with Crippen molar-refractivity contribution in [2.75, 3.05) is 0 Å². The lowest BCUT2D eigenvalue weighted by molar-refractivity contribution is 0.473. The fourth-order valence-corrected chi connectivity index (χ4v) is 3.17. The van der Waals surface area contributed by atoms with Crippen LogP contribution in [-0.4, -0.2) is 10.2 Å². The molecule has 2 heteroatoms. The average Bonchev–Trinajstić information content (AvgIpc) is 2.34. The Hall–Kier alpha value is -1.96. The maximum atomic E-state index is 9.60. The van der Waals surface area contributed by atoms with E-state index in [1.54, 1.807) is 0 Å². The first-order chi connectivity index (χ1) is 9.88. The van der Waals surface area contributed by atoms with Gasteiger partial charge >= 0.3 is 0 Å². The van der Waals surface area contributed by atoms with Crippen LogP contribution < -0.4 is 0 Å². The summed E-state index contributed by atoms with van der Waals surface area (Å²) in [6.45, 7) is 8.22. The van der Waals surface area contributed by atoms with Gasteiger partial charge in [0.15, 0.2) is 0 Å². The number of aromatic hydroxyl groups is 2. The molecule has 0 saturated heterocycles. The van der Waals surface area contributed by atoms with E-state index in [1.165, 1.54) is 11.1 Å². The standard InChI is InChI=1S/C19H24O2/c1-12-8-16(20)9-13(2)18(12)6-5-7-19-14(3)10-17(21)11-15(19)4/h8-11,20-21H,5-7H2,1-4H3. The molecule has 21 heavy (non-hydrogen) atoms. The molecule has 0 aliphatic heterocycles. The highest BCUT2D eigenvalue weighted by Gasteiger charge is 2.08. The van der Waals surface area contributed by atoms with Gasteiger partial charge < -0.3 is 10.2 Å². The van der Waals surface area contributed by atoms with E-state index >= 15 is 0 Å². The van der Waals surface area contributed by atoms with Gasteiger partial charge in [0, 0.05) is 0 Å². The van der Waals surface area contributed by atoms with Crippen LogP contribution in [0.15, 0.2) is 24.3 Å². The summed E-state index contributed by atoms with van der Waals surface area (Å²) in [5.41, 5.74) is 7.31. The Morgan fingerprint density at radius 3 is 1.19 bits per heavy atom. The van der Waals surface area contributed by atoms with Crippen LogP contribution in [0.4, 0.5) is 0 Å². The first-order valence-corrected chi connectivity index (χ1v) is 7.46. The van der Waals surface area contributed by atoms with Crippen molar-refractivity contribution in [1.82, 2.24) is 0 Å². The fourth-order valence-electron chi connectivity index (χ4n) is 3.17. The van der Waals surface area contributed by atoms with Gasteiger partial charge in [-0.05, 0) is 105 Å². The highest BCUT2D eigenvalue weighted by atomic mass is 16.3. The summed E-state index contributed by atoms with van der Waals surface area (Å²) >= 11 is 0. The Balaban J connectivity index is 2.09. The lowest BCUT2D eigenvalue weighted by Crippen LogP contribution is -1.99. The van der Waals surface area contributed by atoms with E-state index in [0.29, 0.717) is 11.5 Å². The van der Waals surface area contributed by atoms with Gasteiger partial charge in [0.2, 0.25) is 0 Å². The summed E-state index contributed by atoms with van der Waals surface area (Å²) in [6.07, 6.45) is 3.09. The summed E-state index contributed by atoms with van der Waals surface area (Å²) in [5, 5.41) is 19.2. The molecular weight excluding hydrogens is 260 g/mol. The van der Waals surface area contributed by atoms with E-state index in [4.69, 9.17) is 0 Å². The molecule has 0 aliphatic carbocycles. The van der Waals surface area contributed by atoms with Crippen molar-refractivity contribution in [3.05, 3.63) is 57.6 Å². The molecule has 2 aromatic rings. The molecule has 0 saturated carbocycles. The minimum Gasteiger partial charge on any atom is -0.508 e. The van der Waals surface area contributed by atoms with Crippen molar-refractivity contribution < 1.29 is 10.2 Å². The van der Waals surface area contributed by atoms with Gasteiger partial charge in [0.1, 0.15) is 11.5 Å². The molecule has 0 heterocycles. The Morgan fingerprint density at radius 1 is 0.619 bits per heavy atom. The molecule has 0 aliphatic rings. The van der Waals surface area contributed by atoms with Crippen LogP contribution in [-0.2, 0) is 12.8 Å². The largest absolute Gasteiger partial charge is 0.508 e. The third-order valence-electron chi connectivity index (χ3n) is 4.22. The summed E-state index contributed by atoms with van der Waals surface area (Å²) in [4.78, 5) is 0. The van der Waals surface area contributed by atoms with Gasteiger partial charge in [-0.15, -0.1) is 0 Å². The van der Waals surface area contributed by atoms with E-state index < -0.39 is 0 Å². The van der Waals surface area contributed by atoms with Crippen LogP contribution in [0.25, 0.3) is 0 Å². The molecule has 0 atom stereocenters. The molecule has 0 bridgehead atoms. The van der Waals surface area contributed by atoms with Crippen molar-refractivity contribution in [2.24, 2.45) is 0 Å². The average molecular weight is 284 g/mol. The zero-order chi connectivity index (χ0) is 15.6. The van der Waals surface area contributed by atoms with Crippen LogP contribution in [0.5, 0.6) is 11.5 Å². The van der Waals surface area contributed by atoms with Crippen LogP contribution in [0.2, 0.25) is 0 Å². The van der Waals surface area contributed by atoms with Crippen LogP contribution in [0.1, 0.15) is 39.8 Å². The quantitative estimate of drug-likeness (QED) is 0.867. The summed E-state index contributed by atoms with van der Waals surface area (Å²) in [6, 6.07) is 7.33. The highest BCUT2D eigenvalue weighted by Crippen LogP contribution is 2.25. The van der Waals surface area contributed by atoms with Crippen LogP contribution in [0, 0.1) is 27.7 Å². The lowest BCUT2D eigenvalue weighted by atomic mass is 9.93. The minimum absolute atomic E-state index is 0.346. The summed E-state index contributed by atoms with van der Waals surface area (Å²) < 4.78 is 0. The second-order valence-electron chi connectivity index (χ2n) is 5.97. The molecule has 0 amide bonds. The normalized spacial score (nSPS) is 10.9. The number of phenolic OH excluding ortho intramolecular Hbond substituents is 2. The maximum absolute atomic E-state index is 9.60. The Labute approximate surface area is 127 Å². The predicted molar refractivity (Wildman–Crippen MR) is 87.2 cm³/mol. The monoisotopic (exact) mass is 284 g/mol. The fraction of sp³-hybridized carbons (Fsp3) is 0.368. The second-order valence-corrected chi connectivity index (χ2v) is 5.97. The third-order valence-corrected chi connectivity index (χ3v) is 4.22. The summed E-state index contributed by atoms with van der Waals surface area (Å²) in [5.74, 6) is 0.693. The number of benzene rings is 2. The molecule has 0 radical (unpaired) electrons. The van der Waals surface area contributed by atoms with Crippen molar-refractivity contribution >= 4 is 0 Å². The number of rotatable bonds is 4. The van der Waals surface area contributed by atoms with Crippen molar-refractivity contribution in [3.8, 4) is 11.5 Å². The number of hydrogen-bond acceptors (Lipinski definition) is 2. The Kier molecular flexibility index (Phi) is 4.56. The summed E-state index contributed by atoms with van der Waals surface area (Å²) in [7, 11) is 0. The number of phenols is 2. The first-order valence-electron chi connectivity index (χ1n) is 7.46. The minimum atomic E-state index is 0.346. The molecule has 2 nitrogen and oxygen atoms in total. The van der Waals surface area contributed by atoms with Gasteiger partial charge in [0.25, 0.3) is 0 Å². The molecule has 2 rings (SSSR count). The van der Waals surface area contributed by atoms with E-state index in [-0.39, 0.29) is 0 Å². The Morgan fingerprint density at radius 2 is 0.905 bits per heavy atom. The molecule has 2 N–H and O–H groups in total. The zero-order valence-corrected chi connectivity index (χ0v) is 13.3. The highest BCUT2D eigenvalue weighted by molar-refractivity contribution is 5.42. The zero-order valence-electron chi connectivity index (χ0n) is 13.3. The van der Waals surface area contributed by atoms with Crippen LogP contribution >= 0.6 is 0 Å². The number of aryl methyl sites for hydroxylation is 4. The van der Waals surface area contributed by atoms with E-state index in [9.17, 15) is 10.2 Å². The predicted octanol–water partition coefficient (Wildman–Crippen LogP) is 4.51. The molecule has 0 fully saturated rings. The molecule has 0 aromatic heterocycles. The van der Waals surface area contributed by atoms with E-state index in [2.05, 4.69) is 27.7 Å². The Bertz CT molecular complexity index is 553. The van der Waals surface area contributed by atoms with E-state index in [1.807, 2.05) is 24.3 Å². The number of hydrogen-bond donors (Lipinski definition) is 2. The molecule has 0 unspecified atom stereocenters. The smallest absolute Gasteiger partial charge is 0.116 e. The lowest BCUT2D eigenvalue weighted by Gasteiger charge is -2.13. The van der Waals surface area contributed by atoms with Gasteiger partial charge in [-0.25, -0.2) is 0 Å². The van der Waals surface area contributed by atoms with Crippen molar-refractivity contribution in [1.29, 1.82) is 0 Å². The van der Waals surface area contributed by atoms with Gasteiger partial charge in [-0.3, -0.25) is 0 Å². The third kappa shape index (κ3) is 3.57. The molecule has 0 spiro atoms. The van der Waals surface area contributed by atoms with E-state index in [0.717, 1.165) is 41.5 Å². The van der Waals surface area contributed by atoms with Gasteiger partial charge in [-0.1, -0.05) is 0 Å². The van der Waals surface area contributed by atoms with Crippen molar-refractivity contribution in [2.45, 2.75) is 47.0 Å². The van der Waals surface area contributed by atoms with Gasteiger partial charge in [0.05, 0.1) is 0 Å². The topological polar surface area (TPSA) is 40.5 Å². The second kappa shape index (κ2) is 6.21. The first kappa shape index (κ1) is 15.4. The molecular formula is C19H24O2. The van der Waals surface area contributed by atoms with Crippen LogP contribution in [0.3, 0.4) is 0 Å². The maximum Gasteiger partial charge on any atom is 0.116 e. The molecule has 112 valence electrons.